The van der Waals surface area contributed by atoms with E-state index < -0.39 is 0 Å². The van der Waals surface area contributed by atoms with Crippen LogP contribution in [0.1, 0.15) is 26.3 Å². The number of likely N-dealkylation sites (N-methyl/N-ethyl adjacent to an activating group) is 1. The van der Waals surface area contributed by atoms with Gasteiger partial charge >= 0.3 is 0 Å². The molecule has 0 saturated heterocycles. The van der Waals surface area contributed by atoms with Crippen LogP contribution in [0, 0.1) is 0 Å². The Morgan fingerprint density at radius 1 is 1.05 bits per heavy atom. The zero-order chi connectivity index (χ0) is 14.3. The van der Waals surface area contributed by atoms with Crippen LogP contribution in [0.5, 0.6) is 0 Å². The van der Waals surface area contributed by atoms with Crippen molar-refractivity contribution in [3.05, 3.63) is 29.8 Å². The fraction of sp³-hybridized carbons (Fsp3) is 0.625. The summed E-state index contributed by atoms with van der Waals surface area (Å²) in [4.78, 5) is 4.60. The van der Waals surface area contributed by atoms with Crippen LogP contribution in [0.4, 0.5) is 5.69 Å². The lowest BCUT2D eigenvalue weighted by Crippen LogP contribution is -2.35. The molecule has 0 heterocycles. The topological polar surface area (TPSA) is 18.5 Å². The molecular formula is C16H29N3. The van der Waals surface area contributed by atoms with E-state index in [1.165, 1.54) is 11.3 Å². The maximum Gasteiger partial charge on any atom is 0.0366 e. The van der Waals surface area contributed by atoms with Crippen molar-refractivity contribution in [2.24, 2.45) is 0 Å². The highest BCUT2D eigenvalue weighted by Crippen LogP contribution is 2.14. The average molecular weight is 263 g/mol. The Labute approximate surface area is 118 Å². The summed E-state index contributed by atoms with van der Waals surface area (Å²) in [5.41, 5.74) is 2.66. The minimum absolute atomic E-state index is 0.565. The summed E-state index contributed by atoms with van der Waals surface area (Å²) < 4.78 is 0. The van der Waals surface area contributed by atoms with Gasteiger partial charge in [0.1, 0.15) is 0 Å². The fourth-order valence-corrected chi connectivity index (χ4v) is 2.02. The highest BCUT2D eigenvalue weighted by molar-refractivity contribution is 5.47. The molecule has 108 valence electrons. The molecule has 1 rings (SSSR count). The highest BCUT2D eigenvalue weighted by Gasteiger charge is 2.04. The standard InChI is InChI=1S/C16H29N3/c1-6-19(7-2)16-10-8-15(9-11-16)13-17-12-14(3)18(4)5/h8-11,14,17H,6-7,12-13H2,1-5H3. The molecule has 0 amide bonds. The molecule has 0 aromatic heterocycles. The predicted molar refractivity (Wildman–Crippen MR) is 84.9 cm³/mol. The Balaban J connectivity index is 2.44. The number of nitrogens with one attached hydrogen (secondary N) is 1. The fourth-order valence-electron chi connectivity index (χ4n) is 2.02. The number of benzene rings is 1. The van der Waals surface area contributed by atoms with Gasteiger partial charge in [-0.05, 0) is 52.6 Å². The SMILES string of the molecule is CCN(CC)c1ccc(CNCC(C)N(C)C)cc1. The van der Waals surface area contributed by atoms with Crippen LogP contribution in [0.15, 0.2) is 24.3 Å². The molecule has 1 aromatic rings. The minimum atomic E-state index is 0.565. The molecule has 1 N–H and O–H groups in total. The van der Waals surface area contributed by atoms with Gasteiger partial charge in [-0.25, -0.2) is 0 Å². The van der Waals surface area contributed by atoms with Crippen molar-refractivity contribution >= 4 is 5.69 Å². The van der Waals surface area contributed by atoms with Crippen LogP contribution in [-0.4, -0.2) is 44.7 Å². The summed E-state index contributed by atoms with van der Waals surface area (Å²) in [6, 6.07) is 9.45. The summed E-state index contributed by atoms with van der Waals surface area (Å²) in [6.45, 7) is 10.7. The van der Waals surface area contributed by atoms with E-state index in [9.17, 15) is 0 Å². The zero-order valence-corrected chi connectivity index (χ0v) is 13.1. The normalized spacial score (nSPS) is 12.7. The third-order valence-electron chi connectivity index (χ3n) is 3.72. The highest BCUT2D eigenvalue weighted by atomic mass is 15.1. The van der Waals surface area contributed by atoms with Gasteiger partial charge in [-0.2, -0.15) is 0 Å². The van der Waals surface area contributed by atoms with Crippen molar-refractivity contribution in [1.29, 1.82) is 0 Å². The van der Waals surface area contributed by atoms with Gasteiger partial charge in [0.15, 0.2) is 0 Å². The van der Waals surface area contributed by atoms with Gasteiger partial charge in [0, 0.05) is 37.9 Å². The monoisotopic (exact) mass is 263 g/mol. The van der Waals surface area contributed by atoms with Gasteiger partial charge in [0.2, 0.25) is 0 Å². The van der Waals surface area contributed by atoms with E-state index in [0.29, 0.717) is 6.04 Å². The molecule has 1 atom stereocenters. The summed E-state index contributed by atoms with van der Waals surface area (Å²) >= 11 is 0. The molecule has 1 aromatic carbocycles. The molecule has 0 aliphatic carbocycles. The Bertz CT molecular complexity index is 342. The van der Waals surface area contributed by atoms with Crippen LogP contribution in [0.2, 0.25) is 0 Å². The molecule has 0 bridgehead atoms. The average Bonchev–Trinajstić information content (AvgIpc) is 2.41. The van der Waals surface area contributed by atoms with E-state index in [1.807, 2.05) is 0 Å². The first kappa shape index (κ1) is 16.0. The Morgan fingerprint density at radius 3 is 2.11 bits per heavy atom. The second-order valence-electron chi connectivity index (χ2n) is 5.28. The first-order valence-electron chi connectivity index (χ1n) is 7.29. The van der Waals surface area contributed by atoms with Crippen LogP contribution < -0.4 is 10.2 Å². The van der Waals surface area contributed by atoms with Gasteiger partial charge in [0.25, 0.3) is 0 Å². The molecule has 3 heteroatoms. The number of hydrogen-bond donors (Lipinski definition) is 1. The molecule has 0 aliphatic heterocycles. The van der Waals surface area contributed by atoms with E-state index in [0.717, 1.165) is 26.2 Å². The lowest BCUT2D eigenvalue weighted by atomic mass is 10.2. The molecule has 3 nitrogen and oxygen atoms in total. The van der Waals surface area contributed by atoms with Crippen molar-refractivity contribution in [2.45, 2.75) is 33.4 Å². The second-order valence-corrected chi connectivity index (χ2v) is 5.28. The van der Waals surface area contributed by atoms with Crippen LogP contribution >= 0.6 is 0 Å². The van der Waals surface area contributed by atoms with Crippen molar-refractivity contribution < 1.29 is 0 Å². The number of hydrogen-bond acceptors (Lipinski definition) is 3. The summed E-state index contributed by atoms with van der Waals surface area (Å²) in [5.74, 6) is 0. The van der Waals surface area contributed by atoms with Crippen LogP contribution in [0.25, 0.3) is 0 Å². The maximum absolute atomic E-state index is 3.50. The van der Waals surface area contributed by atoms with Gasteiger partial charge in [0.05, 0.1) is 0 Å². The van der Waals surface area contributed by atoms with Gasteiger partial charge in [-0.1, -0.05) is 12.1 Å². The van der Waals surface area contributed by atoms with E-state index in [4.69, 9.17) is 0 Å². The first-order chi connectivity index (χ1) is 9.08. The van der Waals surface area contributed by atoms with Crippen molar-refractivity contribution in [2.75, 3.05) is 38.6 Å². The molecule has 0 spiro atoms. The minimum Gasteiger partial charge on any atom is -0.372 e. The Kier molecular flexibility index (Phi) is 6.89. The number of anilines is 1. The molecule has 19 heavy (non-hydrogen) atoms. The second kappa shape index (κ2) is 8.18. The summed E-state index contributed by atoms with van der Waals surface area (Å²) in [6.07, 6.45) is 0. The molecule has 1 unspecified atom stereocenters. The van der Waals surface area contributed by atoms with Gasteiger partial charge in [-0.15, -0.1) is 0 Å². The Hall–Kier alpha value is -1.06. The third kappa shape index (κ3) is 5.21. The van der Waals surface area contributed by atoms with Crippen LogP contribution in [0.3, 0.4) is 0 Å². The summed E-state index contributed by atoms with van der Waals surface area (Å²) in [5, 5.41) is 3.50. The van der Waals surface area contributed by atoms with E-state index in [-0.39, 0.29) is 0 Å². The molecule has 0 aliphatic rings. The van der Waals surface area contributed by atoms with Crippen molar-refractivity contribution in [3.63, 3.8) is 0 Å². The largest absolute Gasteiger partial charge is 0.372 e. The van der Waals surface area contributed by atoms with E-state index in [2.05, 4.69) is 74.2 Å². The number of rotatable bonds is 8. The van der Waals surface area contributed by atoms with Gasteiger partial charge < -0.3 is 15.1 Å². The zero-order valence-electron chi connectivity index (χ0n) is 13.1. The van der Waals surface area contributed by atoms with Crippen molar-refractivity contribution in [3.8, 4) is 0 Å². The quantitative estimate of drug-likeness (QED) is 0.777. The third-order valence-corrected chi connectivity index (χ3v) is 3.72. The first-order valence-corrected chi connectivity index (χ1v) is 7.29. The van der Waals surface area contributed by atoms with Crippen LogP contribution in [-0.2, 0) is 6.54 Å². The van der Waals surface area contributed by atoms with Crippen molar-refractivity contribution in [1.82, 2.24) is 10.2 Å². The predicted octanol–water partition coefficient (Wildman–Crippen LogP) is 2.57. The number of nitrogens with zero attached hydrogens (tertiary/aromatic N) is 2. The van der Waals surface area contributed by atoms with Gasteiger partial charge in [-0.3, -0.25) is 0 Å². The maximum atomic E-state index is 3.50. The molecular weight excluding hydrogens is 234 g/mol. The Morgan fingerprint density at radius 2 is 1.63 bits per heavy atom. The lowest BCUT2D eigenvalue weighted by molar-refractivity contribution is 0.302. The lowest BCUT2D eigenvalue weighted by Gasteiger charge is -2.22. The van der Waals surface area contributed by atoms with E-state index >= 15 is 0 Å². The molecule has 0 fully saturated rings. The smallest absolute Gasteiger partial charge is 0.0366 e. The summed E-state index contributed by atoms with van der Waals surface area (Å²) in [7, 11) is 4.23. The molecule has 0 radical (unpaired) electrons. The van der Waals surface area contributed by atoms with E-state index in [1.54, 1.807) is 0 Å². The molecule has 0 saturated carbocycles.